The summed E-state index contributed by atoms with van der Waals surface area (Å²) < 4.78 is 14.1. The molecule has 0 fully saturated rings. The Bertz CT molecular complexity index is 613. The molecule has 0 heterocycles. The van der Waals surface area contributed by atoms with Crippen molar-refractivity contribution in [2.24, 2.45) is 5.73 Å². The number of benzene rings is 2. The van der Waals surface area contributed by atoms with E-state index >= 15 is 0 Å². The zero-order valence-corrected chi connectivity index (χ0v) is 12.1. The summed E-state index contributed by atoms with van der Waals surface area (Å²) >= 11 is 0. The van der Waals surface area contributed by atoms with Crippen LogP contribution in [0.3, 0.4) is 0 Å². The molecule has 0 radical (unpaired) electrons. The smallest absolute Gasteiger partial charge is 0.257 e. The van der Waals surface area contributed by atoms with Crippen LogP contribution in [-0.4, -0.2) is 23.9 Å². The molecule has 3 nitrogen and oxygen atoms in total. The van der Waals surface area contributed by atoms with Crippen LogP contribution in [0.2, 0.25) is 0 Å². The van der Waals surface area contributed by atoms with E-state index in [0.717, 1.165) is 5.56 Å². The van der Waals surface area contributed by atoms with Gasteiger partial charge in [0.05, 0.1) is 5.56 Å². The van der Waals surface area contributed by atoms with Crippen LogP contribution in [0.4, 0.5) is 4.39 Å². The summed E-state index contributed by atoms with van der Waals surface area (Å²) in [7, 11) is 0. The van der Waals surface area contributed by atoms with Gasteiger partial charge in [-0.3, -0.25) is 4.79 Å². The van der Waals surface area contributed by atoms with Crippen molar-refractivity contribution >= 4 is 5.91 Å². The molecule has 110 valence electrons. The van der Waals surface area contributed by atoms with Crippen molar-refractivity contribution in [1.29, 1.82) is 0 Å². The highest BCUT2D eigenvalue weighted by atomic mass is 19.1. The van der Waals surface area contributed by atoms with Gasteiger partial charge in [-0.05, 0) is 24.1 Å². The molecule has 0 atom stereocenters. The maximum atomic E-state index is 14.1. The van der Waals surface area contributed by atoms with Gasteiger partial charge in [0, 0.05) is 19.6 Å². The average molecular weight is 286 g/mol. The van der Waals surface area contributed by atoms with Crippen LogP contribution in [-0.2, 0) is 6.54 Å². The van der Waals surface area contributed by atoms with E-state index in [4.69, 9.17) is 5.73 Å². The van der Waals surface area contributed by atoms with E-state index in [9.17, 15) is 9.18 Å². The molecule has 0 spiro atoms. The van der Waals surface area contributed by atoms with Crippen molar-refractivity contribution < 1.29 is 9.18 Å². The minimum atomic E-state index is -0.461. The maximum absolute atomic E-state index is 14.1. The molecule has 0 aromatic heterocycles. The van der Waals surface area contributed by atoms with Gasteiger partial charge >= 0.3 is 0 Å². The number of aryl methyl sites for hydroxylation is 1. The zero-order valence-electron chi connectivity index (χ0n) is 12.1. The number of carbonyl (C=O) groups is 1. The first-order valence-electron chi connectivity index (χ1n) is 6.92. The molecule has 0 saturated carbocycles. The Kier molecular flexibility index (Phi) is 5.06. The fourth-order valence-electron chi connectivity index (χ4n) is 2.19. The predicted octanol–water partition coefficient (Wildman–Crippen LogP) is 2.74. The monoisotopic (exact) mass is 286 g/mol. The van der Waals surface area contributed by atoms with Crippen LogP contribution in [0.1, 0.15) is 21.5 Å². The summed E-state index contributed by atoms with van der Waals surface area (Å²) in [6.45, 7) is 2.80. The number of nitrogens with two attached hydrogens (primary N) is 1. The van der Waals surface area contributed by atoms with E-state index in [1.165, 1.54) is 6.07 Å². The Labute approximate surface area is 124 Å². The van der Waals surface area contributed by atoms with Crippen LogP contribution in [0.5, 0.6) is 0 Å². The third-order valence-electron chi connectivity index (χ3n) is 3.32. The number of hydrogen-bond donors (Lipinski definition) is 1. The average Bonchev–Trinajstić information content (AvgIpc) is 2.50. The molecule has 0 unspecified atom stereocenters. The molecule has 2 aromatic rings. The Morgan fingerprint density at radius 1 is 1.14 bits per heavy atom. The highest BCUT2D eigenvalue weighted by Gasteiger charge is 2.19. The van der Waals surface area contributed by atoms with Gasteiger partial charge < -0.3 is 10.6 Å². The van der Waals surface area contributed by atoms with E-state index < -0.39 is 5.82 Å². The van der Waals surface area contributed by atoms with E-state index in [-0.39, 0.29) is 11.5 Å². The van der Waals surface area contributed by atoms with Crippen molar-refractivity contribution in [3.05, 3.63) is 71.0 Å². The highest BCUT2D eigenvalue weighted by Crippen LogP contribution is 2.16. The molecule has 2 rings (SSSR count). The highest BCUT2D eigenvalue weighted by molar-refractivity contribution is 5.94. The minimum Gasteiger partial charge on any atom is -0.333 e. The van der Waals surface area contributed by atoms with Crippen LogP contribution in [0.25, 0.3) is 0 Å². The van der Waals surface area contributed by atoms with Gasteiger partial charge in [0.1, 0.15) is 5.82 Å². The van der Waals surface area contributed by atoms with Crippen LogP contribution in [0.15, 0.2) is 48.5 Å². The van der Waals surface area contributed by atoms with E-state index in [1.807, 2.05) is 30.3 Å². The lowest BCUT2D eigenvalue weighted by Crippen LogP contribution is -2.35. The fraction of sp³-hybridized carbons (Fsp3) is 0.235. The Morgan fingerprint density at radius 3 is 2.52 bits per heavy atom. The number of amides is 1. The normalized spacial score (nSPS) is 10.4. The van der Waals surface area contributed by atoms with Crippen LogP contribution >= 0.6 is 0 Å². The first-order chi connectivity index (χ1) is 10.1. The SMILES string of the molecule is Cc1cccc(C(=O)N(CCN)Cc2ccccc2)c1F. The van der Waals surface area contributed by atoms with E-state index in [1.54, 1.807) is 24.0 Å². The van der Waals surface area contributed by atoms with Gasteiger partial charge in [-0.1, -0.05) is 42.5 Å². The molecule has 4 heteroatoms. The lowest BCUT2D eigenvalue weighted by atomic mass is 10.1. The maximum Gasteiger partial charge on any atom is 0.257 e. The second-order valence-corrected chi connectivity index (χ2v) is 4.94. The standard InChI is InChI=1S/C17H19FN2O/c1-13-6-5-9-15(16(13)18)17(21)20(11-10-19)12-14-7-3-2-4-8-14/h2-9H,10-12,19H2,1H3. The lowest BCUT2D eigenvalue weighted by Gasteiger charge is -2.22. The van der Waals surface area contributed by atoms with Crippen LogP contribution in [0, 0.1) is 12.7 Å². The van der Waals surface area contributed by atoms with E-state index in [2.05, 4.69) is 0 Å². The molecule has 0 aliphatic carbocycles. The number of carbonyl (C=O) groups excluding carboxylic acids is 1. The summed E-state index contributed by atoms with van der Waals surface area (Å²) in [5.41, 5.74) is 7.13. The predicted molar refractivity (Wildman–Crippen MR) is 81.4 cm³/mol. The quantitative estimate of drug-likeness (QED) is 0.918. The minimum absolute atomic E-state index is 0.0966. The third kappa shape index (κ3) is 3.67. The van der Waals surface area contributed by atoms with Crippen molar-refractivity contribution in [2.75, 3.05) is 13.1 Å². The molecule has 21 heavy (non-hydrogen) atoms. The molecule has 0 saturated heterocycles. The number of hydrogen-bond acceptors (Lipinski definition) is 2. The number of nitrogens with zero attached hydrogens (tertiary/aromatic N) is 1. The summed E-state index contributed by atoms with van der Waals surface area (Å²) in [5, 5.41) is 0. The van der Waals surface area contributed by atoms with Gasteiger partial charge in [-0.2, -0.15) is 0 Å². The lowest BCUT2D eigenvalue weighted by molar-refractivity contribution is 0.0743. The molecular weight excluding hydrogens is 267 g/mol. The topological polar surface area (TPSA) is 46.3 Å². The van der Waals surface area contributed by atoms with Crippen LogP contribution < -0.4 is 5.73 Å². The second kappa shape index (κ2) is 6.99. The molecule has 1 amide bonds. The Hall–Kier alpha value is -2.20. The number of halogens is 1. The molecule has 0 aliphatic heterocycles. The van der Waals surface area contributed by atoms with Crippen molar-refractivity contribution in [2.45, 2.75) is 13.5 Å². The van der Waals surface area contributed by atoms with Gasteiger partial charge in [-0.25, -0.2) is 4.39 Å². The molecular formula is C17H19FN2O. The largest absolute Gasteiger partial charge is 0.333 e. The first-order valence-corrected chi connectivity index (χ1v) is 6.92. The third-order valence-corrected chi connectivity index (χ3v) is 3.32. The number of rotatable bonds is 5. The van der Waals surface area contributed by atoms with E-state index in [0.29, 0.717) is 25.2 Å². The summed E-state index contributed by atoms with van der Waals surface area (Å²) in [6.07, 6.45) is 0. The molecule has 0 aliphatic rings. The Morgan fingerprint density at radius 2 is 1.86 bits per heavy atom. The van der Waals surface area contributed by atoms with Gasteiger partial charge in [0.2, 0.25) is 0 Å². The molecule has 2 aromatic carbocycles. The van der Waals surface area contributed by atoms with Crippen molar-refractivity contribution in [3.8, 4) is 0 Å². The van der Waals surface area contributed by atoms with Gasteiger partial charge in [0.15, 0.2) is 0 Å². The van der Waals surface area contributed by atoms with Gasteiger partial charge in [-0.15, -0.1) is 0 Å². The molecule has 2 N–H and O–H groups in total. The van der Waals surface area contributed by atoms with Gasteiger partial charge in [0.25, 0.3) is 5.91 Å². The summed E-state index contributed by atoms with van der Waals surface area (Å²) in [6, 6.07) is 14.5. The first kappa shape index (κ1) is 15.2. The Balaban J connectivity index is 2.25. The molecule has 0 bridgehead atoms. The zero-order chi connectivity index (χ0) is 15.2. The summed E-state index contributed by atoms with van der Waals surface area (Å²) in [5.74, 6) is -0.789. The van der Waals surface area contributed by atoms with Crippen molar-refractivity contribution in [1.82, 2.24) is 4.90 Å². The summed E-state index contributed by atoms with van der Waals surface area (Å²) in [4.78, 5) is 14.1. The van der Waals surface area contributed by atoms with Crippen molar-refractivity contribution in [3.63, 3.8) is 0 Å². The fourth-order valence-corrected chi connectivity index (χ4v) is 2.19. The second-order valence-electron chi connectivity index (χ2n) is 4.94.